The van der Waals surface area contributed by atoms with Crippen LogP contribution >= 0.6 is 0 Å². The standard InChI is InChI=1S/C26H24N4O3/c1-17-12-24(30(32)33)8-9-25(17)29-18(2)13-22(19(29)3)14-23(15-27)26(31)28-11-10-20-6-4-5-7-21(20)16-28/h4-9,12-14H,10-11,16H2,1-3H3. The maximum Gasteiger partial charge on any atom is 0.269 e. The van der Waals surface area contributed by atoms with E-state index in [1.807, 2.05) is 49.6 Å². The number of aromatic nitrogens is 1. The van der Waals surface area contributed by atoms with E-state index < -0.39 is 4.92 Å². The Balaban J connectivity index is 1.66. The summed E-state index contributed by atoms with van der Waals surface area (Å²) < 4.78 is 1.99. The second kappa shape index (κ2) is 8.75. The fourth-order valence-corrected chi connectivity index (χ4v) is 4.45. The quantitative estimate of drug-likeness (QED) is 0.252. The van der Waals surface area contributed by atoms with Crippen molar-refractivity contribution in [2.45, 2.75) is 33.7 Å². The van der Waals surface area contributed by atoms with E-state index in [0.29, 0.717) is 13.1 Å². The summed E-state index contributed by atoms with van der Waals surface area (Å²) in [4.78, 5) is 25.5. The van der Waals surface area contributed by atoms with Crippen molar-refractivity contribution in [2.75, 3.05) is 6.54 Å². The summed E-state index contributed by atoms with van der Waals surface area (Å²) in [6.07, 6.45) is 2.41. The number of aryl methyl sites for hydroxylation is 2. The number of fused-ring (bicyclic) bond motifs is 1. The maximum absolute atomic E-state index is 13.1. The molecule has 0 unspecified atom stereocenters. The highest BCUT2D eigenvalue weighted by atomic mass is 16.6. The van der Waals surface area contributed by atoms with Gasteiger partial charge in [-0.1, -0.05) is 24.3 Å². The molecule has 0 atom stereocenters. The summed E-state index contributed by atoms with van der Waals surface area (Å²) in [7, 11) is 0. The predicted molar refractivity (Wildman–Crippen MR) is 126 cm³/mol. The highest BCUT2D eigenvalue weighted by molar-refractivity contribution is 6.02. The van der Waals surface area contributed by atoms with Gasteiger partial charge in [0.15, 0.2) is 0 Å². The van der Waals surface area contributed by atoms with E-state index in [1.54, 1.807) is 23.1 Å². The van der Waals surface area contributed by atoms with Crippen molar-refractivity contribution in [2.24, 2.45) is 0 Å². The van der Waals surface area contributed by atoms with Crippen LogP contribution in [0.25, 0.3) is 11.8 Å². The van der Waals surface area contributed by atoms with Gasteiger partial charge in [0.05, 0.1) is 4.92 Å². The number of carbonyl (C=O) groups excluding carboxylic acids is 1. The number of rotatable bonds is 4. The molecular weight excluding hydrogens is 416 g/mol. The number of nitro benzene ring substituents is 1. The molecule has 166 valence electrons. The van der Waals surface area contributed by atoms with Crippen LogP contribution in [0, 0.1) is 42.2 Å². The molecule has 33 heavy (non-hydrogen) atoms. The zero-order chi connectivity index (χ0) is 23.7. The zero-order valence-corrected chi connectivity index (χ0v) is 18.8. The molecular formula is C26H24N4O3. The largest absolute Gasteiger partial charge is 0.333 e. The molecule has 0 bridgehead atoms. The molecule has 0 saturated heterocycles. The fraction of sp³-hybridized carbons (Fsp3) is 0.231. The lowest BCUT2D eigenvalue weighted by Crippen LogP contribution is -2.36. The number of hydrogen-bond donors (Lipinski definition) is 0. The van der Waals surface area contributed by atoms with Gasteiger partial charge >= 0.3 is 0 Å². The number of hydrogen-bond acceptors (Lipinski definition) is 4. The van der Waals surface area contributed by atoms with Crippen LogP contribution in [0.2, 0.25) is 0 Å². The Morgan fingerprint density at radius 1 is 1.12 bits per heavy atom. The van der Waals surface area contributed by atoms with Gasteiger partial charge in [0.1, 0.15) is 11.6 Å². The van der Waals surface area contributed by atoms with E-state index in [0.717, 1.165) is 40.2 Å². The predicted octanol–water partition coefficient (Wildman–Crippen LogP) is 4.80. The van der Waals surface area contributed by atoms with Crippen molar-refractivity contribution in [3.05, 3.63) is 97.9 Å². The van der Waals surface area contributed by atoms with Crippen molar-refractivity contribution >= 4 is 17.7 Å². The molecule has 0 spiro atoms. The Labute approximate surface area is 192 Å². The smallest absolute Gasteiger partial charge is 0.269 e. The average molecular weight is 441 g/mol. The van der Waals surface area contributed by atoms with Gasteiger partial charge in [-0.05, 0) is 67.7 Å². The first-order chi connectivity index (χ1) is 15.8. The van der Waals surface area contributed by atoms with Gasteiger partial charge < -0.3 is 9.47 Å². The maximum atomic E-state index is 13.1. The fourth-order valence-electron chi connectivity index (χ4n) is 4.45. The summed E-state index contributed by atoms with van der Waals surface area (Å²) in [5.74, 6) is -0.275. The highest BCUT2D eigenvalue weighted by Crippen LogP contribution is 2.28. The lowest BCUT2D eigenvalue weighted by Gasteiger charge is -2.28. The first kappa shape index (κ1) is 22.0. The molecule has 2 aromatic carbocycles. The van der Waals surface area contributed by atoms with Gasteiger partial charge in [0.25, 0.3) is 11.6 Å². The monoisotopic (exact) mass is 440 g/mol. The number of amides is 1. The van der Waals surface area contributed by atoms with Crippen molar-refractivity contribution in [1.82, 2.24) is 9.47 Å². The third-order valence-corrected chi connectivity index (χ3v) is 6.17. The van der Waals surface area contributed by atoms with E-state index in [9.17, 15) is 20.2 Å². The second-order valence-electron chi connectivity index (χ2n) is 8.31. The van der Waals surface area contributed by atoms with Gasteiger partial charge in [-0.25, -0.2) is 0 Å². The number of non-ortho nitro benzene ring substituents is 1. The SMILES string of the molecule is Cc1cc([N+](=O)[O-])ccc1-n1c(C)cc(C=C(C#N)C(=O)N2CCc3ccccc3C2)c1C. The molecule has 0 saturated carbocycles. The highest BCUT2D eigenvalue weighted by Gasteiger charge is 2.24. The molecule has 3 aromatic rings. The van der Waals surface area contributed by atoms with E-state index in [4.69, 9.17) is 0 Å². The van der Waals surface area contributed by atoms with Gasteiger partial charge in [-0.3, -0.25) is 14.9 Å². The third-order valence-electron chi connectivity index (χ3n) is 6.17. The molecule has 0 aliphatic carbocycles. The number of benzene rings is 2. The minimum absolute atomic E-state index is 0.0410. The Morgan fingerprint density at radius 2 is 1.85 bits per heavy atom. The lowest BCUT2D eigenvalue weighted by molar-refractivity contribution is -0.384. The number of nitrogens with zero attached hydrogens (tertiary/aromatic N) is 4. The third kappa shape index (κ3) is 4.15. The molecule has 7 heteroatoms. The van der Waals surface area contributed by atoms with E-state index in [1.165, 1.54) is 11.6 Å². The van der Waals surface area contributed by atoms with Crippen molar-refractivity contribution in [1.29, 1.82) is 5.26 Å². The Hall–Kier alpha value is -4.18. The van der Waals surface area contributed by atoms with Crippen LogP contribution in [0.5, 0.6) is 0 Å². The normalized spacial score (nSPS) is 13.4. The number of nitriles is 1. The molecule has 4 rings (SSSR count). The van der Waals surface area contributed by atoms with Crippen molar-refractivity contribution < 1.29 is 9.72 Å². The Kier molecular flexibility index (Phi) is 5.84. The minimum atomic E-state index is -0.413. The average Bonchev–Trinajstić information content (AvgIpc) is 3.09. The van der Waals surface area contributed by atoms with Crippen LogP contribution in [-0.4, -0.2) is 26.8 Å². The Morgan fingerprint density at radius 3 is 2.52 bits per heavy atom. The van der Waals surface area contributed by atoms with Crippen LogP contribution in [0.1, 0.15) is 33.6 Å². The molecule has 1 aromatic heterocycles. The summed E-state index contributed by atoms with van der Waals surface area (Å²) >= 11 is 0. The molecule has 0 fully saturated rings. The van der Waals surface area contributed by atoms with Gasteiger partial charge in [-0.2, -0.15) is 5.26 Å². The first-order valence-corrected chi connectivity index (χ1v) is 10.7. The van der Waals surface area contributed by atoms with E-state index in [-0.39, 0.29) is 17.2 Å². The van der Waals surface area contributed by atoms with Crippen LogP contribution in [0.15, 0.2) is 54.1 Å². The van der Waals surface area contributed by atoms with Crippen molar-refractivity contribution in [3.8, 4) is 11.8 Å². The molecule has 1 aliphatic rings. The first-order valence-electron chi connectivity index (χ1n) is 10.7. The lowest BCUT2D eigenvalue weighted by atomic mass is 9.99. The summed E-state index contributed by atoms with van der Waals surface area (Å²) in [5.41, 5.74) is 6.62. The zero-order valence-electron chi connectivity index (χ0n) is 18.8. The van der Waals surface area contributed by atoms with Gasteiger partial charge in [0.2, 0.25) is 0 Å². The number of nitro groups is 1. The van der Waals surface area contributed by atoms with E-state index in [2.05, 4.69) is 12.1 Å². The Bertz CT molecular complexity index is 1340. The van der Waals surface area contributed by atoms with Gasteiger partial charge in [-0.15, -0.1) is 0 Å². The molecule has 0 N–H and O–H groups in total. The summed E-state index contributed by atoms with van der Waals surface area (Å²) in [6, 6.07) is 16.8. The topological polar surface area (TPSA) is 92.2 Å². The summed E-state index contributed by atoms with van der Waals surface area (Å²) in [5, 5.41) is 20.8. The molecule has 7 nitrogen and oxygen atoms in total. The van der Waals surface area contributed by atoms with Crippen LogP contribution in [-0.2, 0) is 17.8 Å². The van der Waals surface area contributed by atoms with Crippen LogP contribution < -0.4 is 0 Å². The minimum Gasteiger partial charge on any atom is -0.333 e. The molecule has 0 radical (unpaired) electrons. The van der Waals surface area contributed by atoms with E-state index >= 15 is 0 Å². The van der Waals surface area contributed by atoms with Crippen molar-refractivity contribution in [3.63, 3.8) is 0 Å². The molecule has 2 heterocycles. The molecule has 1 aliphatic heterocycles. The van der Waals surface area contributed by atoms with Crippen LogP contribution in [0.4, 0.5) is 5.69 Å². The molecule has 1 amide bonds. The number of carbonyl (C=O) groups is 1. The van der Waals surface area contributed by atoms with Gasteiger partial charge in [0, 0.05) is 42.3 Å². The second-order valence-corrected chi connectivity index (χ2v) is 8.31. The van der Waals surface area contributed by atoms with Crippen LogP contribution in [0.3, 0.4) is 0 Å². The summed E-state index contributed by atoms with van der Waals surface area (Å²) in [6.45, 7) is 6.75.